The Balaban J connectivity index is 1.74. The van der Waals surface area contributed by atoms with Crippen LogP contribution in [0.1, 0.15) is 27.6 Å². The molecule has 1 saturated heterocycles. The topological polar surface area (TPSA) is 79.7 Å². The van der Waals surface area contributed by atoms with E-state index in [2.05, 4.69) is 4.98 Å². The number of aromatic nitrogens is 1. The summed E-state index contributed by atoms with van der Waals surface area (Å²) < 4.78 is 6.27. The molecule has 2 aromatic carbocycles. The summed E-state index contributed by atoms with van der Waals surface area (Å²) in [7, 11) is 1.49. The number of aliphatic hydroxyl groups is 1. The number of fused-ring (bicyclic) bond motifs is 1. The molecule has 1 aliphatic heterocycles. The van der Waals surface area contributed by atoms with Gasteiger partial charge in [-0.3, -0.25) is 14.5 Å². The molecule has 1 amide bonds. The lowest BCUT2D eigenvalue weighted by Crippen LogP contribution is -2.28. The summed E-state index contributed by atoms with van der Waals surface area (Å²) in [6.07, 6.45) is 0. The Bertz CT molecular complexity index is 1450. The van der Waals surface area contributed by atoms with E-state index in [1.54, 1.807) is 18.2 Å². The minimum atomic E-state index is -0.817. The van der Waals surface area contributed by atoms with Crippen molar-refractivity contribution >= 4 is 67.1 Å². The fourth-order valence-electron chi connectivity index (χ4n) is 4.04. The monoisotopic (exact) mass is 510 g/mol. The number of hydrogen-bond acceptors (Lipinski definition) is 7. The number of thiophene rings is 1. The van der Waals surface area contributed by atoms with E-state index < -0.39 is 17.7 Å². The van der Waals surface area contributed by atoms with Gasteiger partial charge >= 0.3 is 5.91 Å². The molecule has 9 heteroatoms. The number of hydrogen-bond donors (Lipinski definition) is 1. The van der Waals surface area contributed by atoms with Crippen molar-refractivity contribution in [3.8, 4) is 5.75 Å². The van der Waals surface area contributed by atoms with Crippen LogP contribution in [0.15, 0.2) is 53.4 Å². The maximum Gasteiger partial charge on any atom is 0.301 e. The minimum Gasteiger partial charge on any atom is -0.507 e. The maximum atomic E-state index is 13.3. The highest BCUT2D eigenvalue weighted by Gasteiger charge is 2.48. The van der Waals surface area contributed by atoms with Crippen LogP contribution in [-0.4, -0.2) is 28.9 Å². The number of thiazole rings is 1. The Morgan fingerprint density at radius 2 is 1.97 bits per heavy atom. The largest absolute Gasteiger partial charge is 0.507 e. The molecule has 1 aliphatic rings. The van der Waals surface area contributed by atoms with Crippen LogP contribution in [0.2, 0.25) is 5.02 Å². The van der Waals surface area contributed by atoms with Crippen LogP contribution in [0, 0.1) is 13.8 Å². The van der Waals surface area contributed by atoms with E-state index in [9.17, 15) is 14.7 Å². The van der Waals surface area contributed by atoms with Gasteiger partial charge in [-0.25, -0.2) is 4.98 Å². The second kappa shape index (κ2) is 8.54. The van der Waals surface area contributed by atoms with Crippen LogP contribution in [-0.2, 0) is 9.59 Å². The van der Waals surface area contributed by atoms with Gasteiger partial charge in [0, 0.05) is 9.90 Å². The zero-order valence-corrected chi connectivity index (χ0v) is 20.8. The summed E-state index contributed by atoms with van der Waals surface area (Å²) in [5, 5.41) is 14.2. The molecule has 1 fully saturated rings. The summed E-state index contributed by atoms with van der Waals surface area (Å²) >= 11 is 8.97. The fraction of sp³-hybridized carbons (Fsp3) is 0.160. The number of rotatable bonds is 4. The second-order valence-electron chi connectivity index (χ2n) is 7.95. The van der Waals surface area contributed by atoms with Crippen LogP contribution in [0.3, 0.4) is 0 Å². The highest BCUT2D eigenvalue weighted by atomic mass is 35.5. The van der Waals surface area contributed by atoms with Gasteiger partial charge in [0.15, 0.2) is 5.13 Å². The smallest absolute Gasteiger partial charge is 0.301 e. The molecule has 3 heterocycles. The van der Waals surface area contributed by atoms with E-state index in [-0.39, 0.29) is 11.3 Å². The zero-order chi connectivity index (χ0) is 24.1. The molecule has 2 aromatic heterocycles. The maximum absolute atomic E-state index is 13.3. The summed E-state index contributed by atoms with van der Waals surface area (Å²) in [5.74, 6) is -1.38. The van der Waals surface area contributed by atoms with Gasteiger partial charge in [0.05, 0.1) is 28.5 Å². The lowest BCUT2D eigenvalue weighted by molar-refractivity contribution is -0.132. The van der Waals surface area contributed by atoms with Gasteiger partial charge in [-0.05, 0) is 55.1 Å². The molecule has 5 rings (SSSR count). The van der Waals surface area contributed by atoms with Crippen molar-refractivity contribution in [2.45, 2.75) is 19.9 Å². The first-order chi connectivity index (χ1) is 16.3. The van der Waals surface area contributed by atoms with Crippen molar-refractivity contribution in [1.29, 1.82) is 0 Å². The molecule has 0 radical (unpaired) electrons. The molecule has 1 atom stereocenters. The van der Waals surface area contributed by atoms with Gasteiger partial charge < -0.3 is 9.84 Å². The number of aliphatic hydroxyl groups excluding tert-OH is 1. The Hall–Kier alpha value is -3.20. The normalized spacial score (nSPS) is 17.6. The highest BCUT2D eigenvalue weighted by molar-refractivity contribution is 7.22. The van der Waals surface area contributed by atoms with Gasteiger partial charge in [-0.15, -0.1) is 11.3 Å². The van der Waals surface area contributed by atoms with Crippen molar-refractivity contribution in [1.82, 2.24) is 4.98 Å². The molecule has 0 spiro atoms. The van der Waals surface area contributed by atoms with Gasteiger partial charge in [0.25, 0.3) is 5.78 Å². The van der Waals surface area contributed by atoms with Gasteiger partial charge in [-0.1, -0.05) is 40.6 Å². The quantitative estimate of drug-likeness (QED) is 0.199. The van der Waals surface area contributed by atoms with Crippen molar-refractivity contribution in [2.24, 2.45) is 0 Å². The van der Waals surface area contributed by atoms with Crippen LogP contribution < -0.4 is 9.64 Å². The second-order valence-corrected chi connectivity index (χ2v) is 10.3. The van der Waals surface area contributed by atoms with Crippen molar-refractivity contribution in [3.05, 3.63) is 80.0 Å². The predicted octanol–water partition coefficient (Wildman–Crippen LogP) is 6.26. The lowest BCUT2D eigenvalue weighted by atomic mass is 9.98. The number of methoxy groups -OCH3 is 1. The molecule has 1 unspecified atom stereocenters. The van der Waals surface area contributed by atoms with Gasteiger partial charge in [0.2, 0.25) is 0 Å². The Labute approximate surface area is 208 Å². The number of ketones is 1. The van der Waals surface area contributed by atoms with Crippen LogP contribution >= 0.6 is 34.3 Å². The zero-order valence-electron chi connectivity index (χ0n) is 18.5. The molecule has 4 aromatic rings. The number of carbonyl (C=O) groups excluding carboxylic acids is 2. The number of amides is 1. The molecular weight excluding hydrogens is 492 g/mol. The highest BCUT2D eigenvalue weighted by Crippen LogP contribution is 2.46. The fourth-order valence-corrected chi connectivity index (χ4v) is 6.09. The Kier molecular flexibility index (Phi) is 5.67. The standard InChI is InChI=1S/C25H19ClN2O4S2/c1-12-6-7-17(32-3)14(9-12)22(29)20-21(18-5-4-8-33-18)28(24(31)23(20)30)25-27-16-11-15(26)13(2)10-19(16)34-25/h4-11,21,29H,1-3H3/b22-20+. The van der Waals surface area contributed by atoms with Crippen LogP contribution in [0.4, 0.5) is 5.13 Å². The van der Waals surface area contributed by atoms with Crippen molar-refractivity contribution in [3.63, 3.8) is 0 Å². The molecule has 172 valence electrons. The van der Waals surface area contributed by atoms with E-state index in [0.29, 0.717) is 27.0 Å². The summed E-state index contributed by atoms with van der Waals surface area (Å²) in [6.45, 7) is 3.77. The molecular formula is C25H19ClN2O4S2. The predicted molar refractivity (Wildman–Crippen MR) is 136 cm³/mol. The van der Waals surface area contributed by atoms with Gasteiger partial charge in [0.1, 0.15) is 17.6 Å². The first kappa shape index (κ1) is 22.6. The van der Waals surface area contributed by atoms with E-state index in [1.165, 1.54) is 34.7 Å². The molecule has 0 aliphatic carbocycles. The summed E-state index contributed by atoms with van der Waals surface area (Å²) in [4.78, 5) is 33.4. The van der Waals surface area contributed by atoms with E-state index in [0.717, 1.165) is 20.7 Å². The van der Waals surface area contributed by atoms with E-state index in [4.69, 9.17) is 16.3 Å². The Morgan fingerprint density at radius 1 is 1.18 bits per heavy atom. The molecule has 6 nitrogen and oxygen atoms in total. The third-order valence-electron chi connectivity index (χ3n) is 5.73. The minimum absolute atomic E-state index is 0.00446. The molecule has 1 N–H and O–H groups in total. The van der Waals surface area contributed by atoms with Crippen molar-refractivity contribution < 1.29 is 19.4 Å². The summed E-state index contributed by atoms with van der Waals surface area (Å²) in [6, 6.07) is 11.8. The SMILES string of the molecule is COc1ccc(C)cc1/C(O)=C1\C(=O)C(=O)N(c2nc3cc(Cl)c(C)cc3s2)C1c1cccs1. The first-order valence-corrected chi connectivity index (χ1v) is 12.4. The lowest BCUT2D eigenvalue weighted by Gasteiger charge is -2.21. The van der Waals surface area contributed by atoms with E-state index in [1.807, 2.05) is 43.5 Å². The number of halogens is 1. The number of anilines is 1. The molecule has 0 bridgehead atoms. The number of aryl methyl sites for hydroxylation is 2. The third-order valence-corrected chi connectivity index (χ3v) is 8.08. The third kappa shape index (κ3) is 3.58. The number of nitrogens with zero attached hydrogens (tertiary/aromatic N) is 2. The number of ether oxygens (including phenoxy) is 1. The van der Waals surface area contributed by atoms with Gasteiger partial charge in [-0.2, -0.15) is 0 Å². The molecule has 0 saturated carbocycles. The van der Waals surface area contributed by atoms with Crippen LogP contribution in [0.25, 0.3) is 16.0 Å². The number of benzene rings is 2. The average Bonchev–Trinajstić information content (AvgIpc) is 3.53. The van der Waals surface area contributed by atoms with Crippen molar-refractivity contribution in [2.75, 3.05) is 12.0 Å². The Morgan fingerprint density at radius 3 is 2.68 bits per heavy atom. The first-order valence-electron chi connectivity index (χ1n) is 10.4. The van der Waals surface area contributed by atoms with Crippen LogP contribution in [0.5, 0.6) is 5.75 Å². The molecule has 34 heavy (non-hydrogen) atoms. The summed E-state index contributed by atoms with van der Waals surface area (Å²) in [5.41, 5.74) is 2.77. The average molecular weight is 511 g/mol. The number of Topliss-reactive ketones (excluding diaryl/α,β-unsaturated/α-hetero) is 1. The van der Waals surface area contributed by atoms with E-state index >= 15 is 0 Å². The number of carbonyl (C=O) groups is 2.